The second-order valence-corrected chi connectivity index (χ2v) is 6.71. The van der Waals surface area contributed by atoms with Gasteiger partial charge in [0.15, 0.2) is 0 Å². The number of aliphatic imine (C=N–C) groups is 1. The molecular formula is C23H26N2. The second kappa shape index (κ2) is 7.10. The molecule has 0 saturated heterocycles. The van der Waals surface area contributed by atoms with Crippen molar-refractivity contribution in [2.24, 2.45) is 4.99 Å². The average Bonchev–Trinajstić information content (AvgIpc) is 2.90. The third-order valence-electron chi connectivity index (χ3n) is 4.92. The first kappa shape index (κ1) is 17.2. The lowest BCUT2D eigenvalue weighted by atomic mass is 10.1. The molecule has 1 aromatic heterocycles. The van der Waals surface area contributed by atoms with Crippen LogP contribution in [-0.2, 0) is 6.42 Å². The maximum absolute atomic E-state index is 4.68. The molecule has 0 aliphatic heterocycles. The third kappa shape index (κ3) is 3.58. The molecule has 3 aromatic rings. The molecule has 0 aliphatic carbocycles. The first-order valence-corrected chi connectivity index (χ1v) is 8.89. The number of aromatic nitrogens is 1. The molecule has 0 radical (unpaired) electrons. The van der Waals surface area contributed by atoms with Gasteiger partial charge in [-0.2, -0.15) is 0 Å². The fraction of sp³-hybridized carbons (Fsp3) is 0.261. The SMILES string of the molecule is CCc1ccc(-n2c(C)cc(C=Nc3ccc(C)c(C)c3)c2C)cc1. The van der Waals surface area contributed by atoms with E-state index >= 15 is 0 Å². The van der Waals surface area contributed by atoms with E-state index in [0.29, 0.717) is 0 Å². The van der Waals surface area contributed by atoms with Crippen LogP contribution in [0.4, 0.5) is 5.69 Å². The summed E-state index contributed by atoms with van der Waals surface area (Å²) in [6.45, 7) is 10.7. The molecular weight excluding hydrogens is 304 g/mol. The zero-order chi connectivity index (χ0) is 18.0. The summed E-state index contributed by atoms with van der Waals surface area (Å²) < 4.78 is 2.29. The van der Waals surface area contributed by atoms with Crippen LogP contribution in [-0.4, -0.2) is 10.8 Å². The Labute approximate surface area is 150 Å². The van der Waals surface area contributed by atoms with Gasteiger partial charge in [0.25, 0.3) is 0 Å². The quantitative estimate of drug-likeness (QED) is 0.520. The molecule has 0 saturated carbocycles. The van der Waals surface area contributed by atoms with Crippen molar-refractivity contribution < 1.29 is 0 Å². The molecule has 0 amide bonds. The molecule has 3 rings (SSSR count). The largest absolute Gasteiger partial charge is 0.318 e. The molecule has 2 heteroatoms. The zero-order valence-electron chi connectivity index (χ0n) is 15.8. The normalized spacial score (nSPS) is 11.4. The Morgan fingerprint density at radius 1 is 0.880 bits per heavy atom. The molecule has 25 heavy (non-hydrogen) atoms. The van der Waals surface area contributed by atoms with Crippen molar-refractivity contribution in [2.75, 3.05) is 0 Å². The van der Waals surface area contributed by atoms with Crippen LogP contribution in [0, 0.1) is 27.7 Å². The van der Waals surface area contributed by atoms with Crippen molar-refractivity contribution in [1.29, 1.82) is 0 Å². The molecule has 0 atom stereocenters. The molecule has 0 unspecified atom stereocenters. The number of benzene rings is 2. The Hall–Kier alpha value is -2.61. The lowest BCUT2D eigenvalue weighted by Crippen LogP contribution is -1.99. The molecule has 0 N–H and O–H groups in total. The highest BCUT2D eigenvalue weighted by Gasteiger charge is 2.09. The van der Waals surface area contributed by atoms with Gasteiger partial charge in [-0.25, -0.2) is 0 Å². The summed E-state index contributed by atoms with van der Waals surface area (Å²) in [5.74, 6) is 0. The Balaban J connectivity index is 1.93. The molecule has 0 spiro atoms. The van der Waals surface area contributed by atoms with E-state index in [9.17, 15) is 0 Å². The maximum atomic E-state index is 4.68. The van der Waals surface area contributed by atoms with Crippen LogP contribution in [0.5, 0.6) is 0 Å². The van der Waals surface area contributed by atoms with Crippen molar-refractivity contribution in [3.05, 3.63) is 82.2 Å². The van der Waals surface area contributed by atoms with Crippen LogP contribution in [0.15, 0.2) is 53.5 Å². The van der Waals surface area contributed by atoms with Crippen molar-refractivity contribution >= 4 is 11.9 Å². The third-order valence-corrected chi connectivity index (χ3v) is 4.92. The van der Waals surface area contributed by atoms with Crippen LogP contribution >= 0.6 is 0 Å². The first-order chi connectivity index (χ1) is 12.0. The summed E-state index contributed by atoms with van der Waals surface area (Å²) in [6, 6.07) is 17.3. The standard InChI is InChI=1S/C23H26N2/c1-6-20-8-11-23(12-9-20)25-18(4)14-21(19(25)5)15-24-22-10-7-16(2)17(3)13-22/h7-15H,6H2,1-5H3. The average molecular weight is 330 g/mol. The van der Waals surface area contributed by atoms with Gasteiger partial charge < -0.3 is 4.57 Å². The summed E-state index contributed by atoms with van der Waals surface area (Å²) in [7, 11) is 0. The summed E-state index contributed by atoms with van der Waals surface area (Å²) in [6.07, 6.45) is 3.04. The molecule has 128 valence electrons. The van der Waals surface area contributed by atoms with Gasteiger partial charge >= 0.3 is 0 Å². The van der Waals surface area contributed by atoms with Crippen LogP contribution in [0.3, 0.4) is 0 Å². The summed E-state index contributed by atoms with van der Waals surface area (Å²) in [5.41, 5.74) is 9.75. The van der Waals surface area contributed by atoms with E-state index in [0.717, 1.165) is 17.7 Å². The summed E-state index contributed by atoms with van der Waals surface area (Å²) in [5, 5.41) is 0. The van der Waals surface area contributed by atoms with Crippen molar-refractivity contribution in [3.8, 4) is 5.69 Å². The van der Waals surface area contributed by atoms with E-state index in [1.807, 2.05) is 6.21 Å². The van der Waals surface area contributed by atoms with E-state index in [1.165, 1.54) is 33.8 Å². The highest BCUT2D eigenvalue weighted by Crippen LogP contribution is 2.22. The molecule has 0 aliphatic rings. The Kier molecular flexibility index (Phi) is 4.89. The van der Waals surface area contributed by atoms with Crippen LogP contribution < -0.4 is 0 Å². The highest BCUT2D eigenvalue weighted by molar-refractivity contribution is 5.84. The van der Waals surface area contributed by atoms with Gasteiger partial charge in [-0.05, 0) is 81.1 Å². The zero-order valence-corrected chi connectivity index (χ0v) is 15.8. The van der Waals surface area contributed by atoms with Gasteiger partial charge in [0.2, 0.25) is 0 Å². The van der Waals surface area contributed by atoms with Gasteiger partial charge in [-0.1, -0.05) is 25.1 Å². The van der Waals surface area contributed by atoms with Gasteiger partial charge in [-0.15, -0.1) is 0 Å². The van der Waals surface area contributed by atoms with Crippen molar-refractivity contribution in [3.63, 3.8) is 0 Å². The molecule has 1 heterocycles. The monoisotopic (exact) mass is 330 g/mol. The van der Waals surface area contributed by atoms with Gasteiger partial charge in [-0.3, -0.25) is 4.99 Å². The number of hydrogen-bond donors (Lipinski definition) is 0. The van der Waals surface area contributed by atoms with Gasteiger partial charge in [0, 0.05) is 28.9 Å². The van der Waals surface area contributed by atoms with Crippen LogP contribution in [0.1, 0.15) is 40.6 Å². The molecule has 0 bridgehead atoms. The van der Waals surface area contributed by atoms with Crippen LogP contribution in [0.2, 0.25) is 0 Å². The van der Waals surface area contributed by atoms with E-state index < -0.39 is 0 Å². The van der Waals surface area contributed by atoms with E-state index in [1.54, 1.807) is 0 Å². The minimum absolute atomic E-state index is 1.00. The Morgan fingerprint density at radius 2 is 1.60 bits per heavy atom. The number of hydrogen-bond acceptors (Lipinski definition) is 1. The lowest BCUT2D eigenvalue weighted by molar-refractivity contribution is 0.962. The van der Waals surface area contributed by atoms with E-state index in [4.69, 9.17) is 0 Å². The number of aryl methyl sites for hydroxylation is 4. The smallest absolute Gasteiger partial charge is 0.0632 e. The van der Waals surface area contributed by atoms with E-state index in [2.05, 4.69) is 92.7 Å². The minimum Gasteiger partial charge on any atom is -0.318 e. The Morgan fingerprint density at radius 3 is 2.24 bits per heavy atom. The number of nitrogens with zero attached hydrogens (tertiary/aromatic N) is 2. The topological polar surface area (TPSA) is 17.3 Å². The second-order valence-electron chi connectivity index (χ2n) is 6.71. The number of rotatable bonds is 4. The predicted molar refractivity (Wildman–Crippen MR) is 108 cm³/mol. The highest BCUT2D eigenvalue weighted by atomic mass is 15.0. The fourth-order valence-corrected chi connectivity index (χ4v) is 3.15. The Bertz CT molecular complexity index is 912. The summed E-state index contributed by atoms with van der Waals surface area (Å²) >= 11 is 0. The van der Waals surface area contributed by atoms with Crippen molar-refractivity contribution in [1.82, 2.24) is 4.57 Å². The molecule has 0 fully saturated rings. The lowest BCUT2D eigenvalue weighted by Gasteiger charge is -2.10. The van der Waals surface area contributed by atoms with Gasteiger partial charge in [0.05, 0.1) is 5.69 Å². The molecule has 2 nitrogen and oxygen atoms in total. The van der Waals surface area contributed by atoms with Gasteiger partial charge in [0.1, 0.15) is 0 Å². The minimum atomic E-state index is 1.00. The first-order valence-electron chi connectivity index (χ1n) is 8.89. The van der Waals surface area contributed by atoms with Crippen molar-refractivity contribution in [2.45, 2.75) is 41.0 Å². The maximum Gasteiger partial charge on any atom is 0.0632 e. The predicted octanol–water partition coefficient (Wildman–Crippen LogP) is 6.02. The fourth-order valence-electron chi connectivity index (χ4n) is 3.15. The summed E-state index contributed by atoms with van der Waals surface area (Å²) in [4.78, 5) is 4.68. The molecule has 2 aromatic carbocycles. The van der Waals surface area contributed by atoms with E-state index in [-0.39, 0.29) is 0 Å². The van der Waals surface area contributed by atoms with Crippen LogP contribution in [0.25, 0.3) is 5.69 Å².